The fraction of sp³-hybridized carbons (Fsp3) is 0.625. The van der Waals surface area contributed by atoms with Crippen LogP contribution in [0.1, 0.15) is 42.3 Å². The molecule has 0 aromatic carbocycles. The van der Waals surface area contributed by atoms with Crippen molar-refractivity contribution in [3.05, 3.63) is 17.0 Å². The molecule has 1 aromatic heterocycles. The van der Waals surface area contributed by atoms with Gasteiger partial charge in [0.2, 0.25) is 0 Å². The second kappa shape index (κ2) is 8.70. The molecular weight excluding hydrogens is 318 g/mol. The van der Waals surface area contributed by atoms with Crippen molar-refractivity contribution in [2.45, 2.75) is 36.8 Å². The molecule has 1 aliphatic heterocycles. The van der Waals surface area contributed by atoms with Crippen LogP contribution in [0.3, 0.4) is 0 Å². The van der Waals surface area contributed by atoms with Gasteiger partial charge in [0.15, 0.2) is 5.78 Å². The second-order valence-corrected chi connectivity index (χ2v) is 8.10. The topological polar surface area (TPSA) is 57.6 Å². The minimum absolute atomic E-state index is 0.172. The van der Waals surface area contributed by atoms with Crippen LogP contribution in [0.4, 0.5) is 0 Å². The lowest BCUT2D eigenvalue weighted by atomic mass is 9.98. The predicted molar refractivity (Wildman–Crippen MR) is 91.1 cm³/mol. The highest BCUT2D eigenvalue weighted by molar-refractivity contribution is 8.01. The van der Waals surface area contributed by atoms with Crippen LogP contribution in [0, 0.1) is 5.92 Å². The number of Topliss-reactive ketones (excluding diaryl/α,β-unsaturated/α-hetero) is 1. The summed E-state index contributed by atoms with van der Waals surface area (Å²) in [4.78, 5) is 26.2. The van der Waals surface area contributed by atoms with Gasteiger partial charge in [-0.15, -0.1) is 23.1 Å². The Morgan fingerprint density at radius 1 is 1.45 bits per heavy atom. The molecule has 6 heteroatoms. The number of likely N-dealkylation sites (tertiary alicyclic amines) is 1. The first kappa shape index (κ1) is 17.5. The monoisotopic (exact) mass is 341 g/mol. The normalized spacial score (nSPS) is 19.2. The zero-order valence-corrected chi connectivity index (χ0v) is 14.5. The minimum Gasteiger partial charge on any atom is -0.481 e. The van der Waals surface area contributed by atoms with Crippen molar-refractivity contribution in [3.63, 3.8) is 0 Å². The van der Waals surface area contributed by atoms with Gasteiger partial charge in [-0.05, 0) is 43.7 Å². The lowest BCUT2D eigenvalue weighted by Crippen LogP contribution is -2.39. The van der Waals surface area contributed by atoms with Crippen molar-refractivity contribution in [3.8, 4) is 0 Å². The molecule has 0 saturated carbocycles. The third-order valence-electron chi connectivity index (χ3n) is 3.81. The second-order valence-electron chi connectivity index (χ2n) is 5.62. The number of aliphatic carboxylic acids is 1. The van der Waals surface area contributed by atoms with E-state index in [1.165, 1.54) is 4.21 Å². The van der Waals surface area contributed by atoms with E-state index in [2.05, 4.69) is 11.8 Å². The summed E-state index contributed by atoms with van der Waals surface area (Å²) >= 11 is 3.37. The first-order chi connectivity index (χ1) is 10.6. The van der Waals surface area contributed by atoms with E-state index >= 15 is 0 Å². The number of carbonyl (C=O) groups is 2. The largest absolute Gasteiger partial charge is 0.481 e. The molecule has 1 fully saturated rings. The summed E-state index contributed by atoms with van der Waals surface area (Å²) in [5.74, 6) is 0.263. The van der Waals surface area contributed by atoms with Gasteiger partial charge in [0.25, 0.3) is 0 Å². The number of nitrogens with zero attached hydrogens (tertiary/aromatic N) is 1. The van der Waals surface area contributed by atoms with Gasteiger partial charge in [-0.25, -0.2) is 0 Å². The van der Waals surface area contributed by atoms with Gasteiger partial charge in [0, 0.05) is 19.5 Å². The standard InChI is InChI=1S/C16H23NO3S2/c1-2-10-21-15-6-5-14(22-15)13(18)7-9-17-8-3-4-12(11-17)16(19)20/h5-6,12H,2-4,7-11H2,1H3,(H,19,20). The quantitative estimate of drug-likeness (QED) is 0.578. The highest BCUT2D eigenvalue weighted by atomic mass is 32.2. The maximum atomic E-state index is 12.2. The van der Waals surface area contributed by atoms with Crippen molar-refractivity contribution in [1.29, 1.82) is 0 Å². The highest BCUT2D eigenvalue weighted by Crippen LogP contribution is 2.28. The number of hydrogen-bond acceptors (Lipinski definition) is 5. The fourth-order valence-corrected chi connectivity index (χ4v) is 4.62. The van der Waals surface area contributed by atoms with Gasteiger partial charge in [0.1, 0.15) is 0 Å². The SMILES string of the molecule is CCCSc1ccc(C(=O)CCN2CCCC(C(=O)O)C2)s1. The van der Waals surface area contributed by atoms with Crippen LogP contribution in [0.2, 0.25) is 0 Å². The van der Waals surface area contributed by atoms with Crippen LogP contribution in [0.25, 0.3) is 0 Å². The summed E-state index contributed by atoms with van der Waals surface area (Å²) < 4.78 is 1.20. The van der Waals surface area contributed by atoms with E-state index in [4.69, 9.17) is 5.11 Å². The summed E-state index contributed by atoms with van der Waals surface area (Å²) in [6.07, 6.45) is 3.26. The molecule has 0 spiro atoms. The number of carbonyl (C=O) groups excluding carboxylic acids is 1. The van der Waals surface area contributed by atoms with Crippen molar-refractivity contribution in [2.24, 2.45) is 5.92 Å². The Morgan fingerprint density at radius 2 is 2.27 bits per heavy atom. The molecule has 122 valence electrons. The van der Waals surface area contributed by atoms with E-state index in [1.54, 1.807) is 23.1 Å². The number of hydrogen-bond donors (Lipinski definition) is 1. The Hall–Kier alpha value is -0.850. The molecule has 22 heavy (non-hydrogen) atoms. The molecule has 1 aliphatic rings. The maximum Gasteiger partial charge on any atom is 0.307 e. The van der Waals surface area contributed by atoms with Crippen molar-refractivity contribution in [2.75, 3.05) is 25.4 Å². The third-order valence-corrected chi connectivity index (χ3v) is 6.37. The molecule has 0 radical (unpaired) electrons. The number of thiophene rings is 1. The number of ketones is 1. The van der Waals surface area contributed by atoms with Gasteiger partial charge in [-0.2, -0.15) is 0 Å². The number of carboxylic acids is 1. The Bertz CT molecular complexity index is 515. The molecule has 2 heterocycles. The summed E-state index contributed by atoms with van der Waals surface area (Å²) in [6, 6.07) is 3.95. The van der Waals surface area contributed by atoms with Crippen LogP contribution in [-0.2, 0) is 4.79 Å². The molecular formula is C16H23NO3S2. The van der Waals surface area contributed by atoms with Gasteiger partial charge < -0.3 is 10.0 Å². The molecule has 2 rings (SSSR count). The van der Waals surface area contributed by atoms with Crippen LogP contribution >= 0.6 is 23.1 Å². The number of rotatable bonds is 8. The van der Waals surface area contributed by atoms with E-state index in [0.717, 1.165) is 36.4 Å². The molecule has 1 aromatic rings. The van der Waals surface area contributed by atoms with E-state index in [0.29, 0.717) is 19.5 Å². The minimum atomic E-state index is -0.716. The molecule has 1 N–H and O–H groups in total. The average Bonchev–Trinajstić information content (AvgIpc) is 3.00. The summed E-state index contributed by atoms with van der Waals surface area (Å²) in [7, 11) is 0. The van der Waals surface area contributed by atoms with E-state index < -0.39 is 5.97 Å². The zero-order valence-electron chi connectivity index (χ0n) is 12.9. The lowest BCUT2D eigenvalue weighted by Gasteiger charge is -2.30. The number of thioether (sulfide) groups is 1. The van der Waals surface area contributed by atoms with E-state index in [1.807, 2.05) is 12.1 Å². The molecule has 0 bridgehead atoms. The first-order valence-electron chi connectivity index (χ1n) is 7.81. The third kappa shape index (κ3) is 5.11. The van der Waals surface area contributed by atoms with Gasteiger partial charge >= 0.3 is 5.97 Å². The van der Waals surface area contributed by atoms with Crippen LogP contribution in [0.5, 0.6) is 0 Å². The number of carboxylic acid groups (broad SMARTS) is 1. The average molecular weight is 341 g/mol. The number of piperidine rings is 1. The Balaban J connectivity index is 1.79. The summed E-state index contributed by atoms with van der Waals surface area (Å²) in [6.45, 7) is 4.29. The van der Waals surface area contributed by atoms with E-state index in [9.17, 15) is 9.59 Å². The molecule has 4 nitrogen and oxygen atoms in total. The smallest absolute Gasteiger partial charge is 0.307 e. The van der Waals surface area contributed by atoms with Crippen molar-refractivity contribution < 1.29 is 14.7 Å². The highest BCUT2D eigenvalue weighted by Gasteiger charge is 2.25. The molecule has 1 saturated heterocycles. The van der Waals surface area contributed by atoms with Crippen molar-refractivity contribution in [1.82, 2.24) is 4.90 Å². The maximum absolute atomic E-state index is 12.2. The Labute approximate surface area is 139 Å². The van der Waals surface area contributed by atoms with Gasteiger partial charge in [-0.1, -0.05) is 6.92 Å². The van der Waals surface area contributed by atoms with Gasteiger partial charge in [-0.3, -0.25) is 9.59 Å². The van der Waals surface area contributed by atoms with Crippen LogP contribution in [-0.4, -0.2) is 47.1 Å². The fourth-order valence-electron chi connectivity index (χ4n) is 2.59. The Kier molecular flexibility index (Phi) is 6.92. The summed E-state index contributed by atoms with van der Waals surface area (Å²) in [5, 5.41) is 9.09. The predicted octanol–water partition coefficient (Wildman–Crippen LogP) is 3.62. The van der Waals surface area contributed by atoms with Crippen molar-refractivity contribution >= 4 is 34.9 Å². The summed E-state index contributed by atoms with van der Waals surface area (Å²) in [5.41, 5.74) is 0. The molecule has 0 aliphatic carbocycles. The van der Waals surface area contributed by atoms with Crippen LogP contribution in [0.15, 0.2) is 16.3 Å². The lowest BCUT2D eigenvalue weighted by molar-refractivity contribution is -0.143. The van der Waals surface area contributed by atoms with Crippen LogP contribution < -0.4 is 0 Å². The Morgan fingerprint density at radius 3 is 3.00 bits per heavy atom. The zero-order chi connectivity index (χ0) is 15.9. The van der Waals surface area contributed by atoms with E-state index in [-0.39, 0.29) is 11.7 Å². The molecule has 1 atom stereocenters. The first-order valence-corrected chi connectivity index (χ1v) is 9.61. The molecule has 0 amide bonds. The molecule has 1 unspecified atom stereocenters. The van der Waals surface area contributed by atoms with Gasteiger partial charge in [0.05, 0.1) is 15.0 Å².